The van der Waals surface area contributed by atoms with Gasteiger partial charge in [0.15, 0.2) is 5.78 Å². The van der Waals surface area contributed by atoms with E-state index in [0.717, 1.165) is 24.8 Å². The second-order valence-electron chi connectivity index (χ2n) is 28.0. The molecule has 0 amide bonds. The fourth-order valence-electron chi connectivity index (χ4n) is 19.4. The van der Waals surface area contributed by atoms with Crippen molar-refractivity contribution in [2.75, 3.05) is 5.75 Å². The van der Waals surface area contributed by atoms with Crippen LogP contribution in [0.5, 0.6) is 0 Å². The molecule has 5 aromatic rings. The van der Waals surface area contributed by atoms with Crippen LogP contribution in [0.25, 0.3) is 5.57 Å². The molecule has 7 fully saturated rings. The molecule has 0 N–H and O–H groups in total. The summed E-state index contributed by atoms with van der Waals surface area (Å²) in [6.45, 7) is 9.29. The molecule has 4 aliphatic carbocycles. The standard InChI is InChI=1S/C81H96N2OS4/c1-5-9-13-17-23-53-29-37-58(38-30-53)80(59-39-31-54(32-40-59)24-18-14-10-6-2)68-50-66-69(49-65(68)76-73(80)78-70(87-76)45-46-85-78)81(60-41-33-55(34-42-60)25-19-15-11-7-3,61-43-35-56(36-44-61)26-20-16-12-8-4)74-77(66)88-71-48-62(86-79(71)74)47-67-72(57(51-82)52-83)63-27-21-22-28-64(63)75(67)84/h21-22,27-44,47,62,65-66,68-71,73-74,76-79H,5-20,23-26,45-46,48-50H2,1-4H3. The molecule has 13 atom stereocenters. The molecule has 4 heterocycles. The number of unbranched alkanes of at least 4 members (excludes halogenated alkanes) is 12. The van der Waals surface area contributed by atoms with E-state index in [1.807, 2.05) is 24.3 Å². The molecule has 3 saturated carbocycles. The molecule has 13 unspecified atom stereocenters. The minimum atomic E-state index is -0.212. The maximum absolute atomic E-state index is 14.6. The summed E-state index contributed by atoms with van der Waals surface area (Å²) in [5.41, 5.74) is 14.4. The number of hydrogen-bond acceptors (Lipinski definition) is 7. The average molecular weight is 1240 g/mol. The van der Waals surface area contributed by atoms with Crippen molar-refractivity contribution in [3.8, 4) is 12.1 Å². The van der Waals surface area contributed by atoms with E-state index < -0.39 is 0 Å². The molecule has 5 aromatic carbocycles. The molecule has 460 valence electrons. The second kappa shape index (κ2) is 27.8. The van der Waals surface area contributed by atoms with Crippen molar-refractivity contribution in [2.45, 2.75) is 229 Å². The molecule has 0 spiro atoms. The van der Waals surface area contributed by atoms with Crippen LogP contribution in [0.1, 0.15) is 217 Å². The van der Waals surface area contributed by atoms with E-state index in [-0.39, 0.29) is 27.4 Å². The summed E-state index contributed by atoms with van der Waals surface area (Å²) in [7, 11) is 0. The number of carbonyl (C=O) groups excluding carboxylic acids is 1. The highest BCUT2D eigenvalue weighted by Crippen LogP contribution is 2.78. The maximum atomic E-state index is 14.6. The maximum Gasteiger partial charge on any atom is 0.194 e. The lowest BCUT2D eigenvalue weighted by Crippen LogP contribution is -2.49. The number of benzene rings is 5. The summed E-state index contributed by atoms with van der Waals surface area (Å²) < 4.78 is 0. The number of fused-ring (bicyclic) bond motifs is 11. The minimum absolute atomic E-state index is 0.0342. The summed E-state index contributed by atoms with van der Waals surface area (Å²) in [6.07, 6.45) is 32.1. The lowest BCUT2D eigenvalue weighted by atomic mass is 9.53. The van der Waals surface area contributed by atoms with Gasteiger partial charge in [-0.1, -0.05) is 232 Å². The SMILES string of the molecule is CCCCCCc1ccc(C2(c3ccc(CCCCCC)cc3)C3CC4C5SC6CC(C=C7C(=O)c8ccccc8C7=C(C#N)C#N)SC6C5C(c5ccc(CCCCCC)cc5)(c5ccc(CCCCCC)cc5)C4CC3C3SC4CCSC4C32)cc1. The Bertz CT molecular complexity index is 3260. The second-order valence-corrected chi connectivity index (χ2v) is 33.6. The third kappa shape index (κ3) is 11.3. The number of Topliss-reactive ketones (excluding diaryl/α,β-unsaturated/α-hetero) is 1. The Labute approximate surface area is 546 Å². The van der Waals surface area contributed by atoms with Gasteiger partial charge in [-0.15, -0.1) is 11.8 Å². The van der Waals surface area contributed by atoms with Gasteiger partial charge < -0.3 is 0 Å². The highest BCUT2D eigenvalue weighted by atomic mass is 32.2. The Kier molecular flexibility index (Phi) is 19.8. The van der Waals surface area contributed by atoms with Crippen molar-refractivity contribution in [1.29, 1.82) is 10.5 Å². The van der Waals surface area contributed by atoms with Gasteiger partial charge in [-0.25, -0.2) is 0 Å². The number of rotatable bonds is 25. The first-order valence-corrected chi connectivity index (χ1v) is 39.0. The number of thioether (sulfide) groups is 4. The molecule has 3 nitrogen and oxygen atoms in total. The van der Waals surface area contributed by atoms with E-state index in [1.165, 1.54) is 163 Å². The van der Waals surface area contributed by atoms with Crippen LogP contribution in [0.15, 0.2) is 139 Å². The number of nitriles is 2. The van der Waals surface area contributed by atoms with Crippen LogP contribution in [-0.2, 0) is 36.5 Å². The van der Waals surface area contributed by atoms with Gasteiger partial charge in [0.2, 0.25) is 0 Å². The summed E-state index contributed by atoms with van der Waals surface area (Å²) in [4.78, 5) is 14.6. The van der Waals surface area contributed by atoms with Crippen molar-refractivity contribution < 1.29 is 4.79 Å². The average Bonchev–Trinajstić information content (AvgIpc) is 1.54. The predicted octanol–water partition coefficient (Wildman–Crippen LogP) is 20.9. The molecule has 4 aliphatic heterocycles. The van der Waals surface area contributed by atoms with Crippen molar-refractivity contribution in [3.63, 3.8) is 0 Å². The monoisotopic (exact) mass is 1240 g/mol. The first kappa shape index (κ1) is 62.4. The van der Waals surface area contributed by atoms with Crippen LogP contribution in [0.2, 0.25) is 0 Å². The number of aryl methyl sites for hydroxylation is 4. The van der Waals surface area contributed by atoms with Crippen LogP contribution in [0, 0.1) is 58.2 Å². The Morgan fingerprint density at radius 2 is 0.886 bits per heavy atom. The summed E-state index contributed by atoms with van der Waals surface area (Å²) in [6, 6.07) is 53.8. The Morgan fingerprint density at radius 3 is 1.31 bits per heavy atom. The fraction of sp³-hybridized carbons (Fsp3) is 0.543. The number of hydrogen-bond donors (Lipinski definition) is 0. The van der Waals surface area contributed by atoms with Crippen LogP contribution < -0.4 is 0 Å². The lowest BCUT2D eigenvalue weighted by molar-refractivity contribution is 0.0990. The smallest absolute Gasteiger partial charge is 0.194 e. The molecule has 0 aromatic heterocycles. The molecule has 7 heteroatoms. The van der Waals surface area contributed by atoms with Gasteiger partial charge in [-0.05, 0) is 168 Å². The molecule has 0 radical (unpaired) electrons. The molecule has 0 bridgehead atoms. The zero-order valence-electron chi connectivity index (χ0n) is 53.2. The van der Waals surface area contributed by atoms with Gasteiger partial charge in [0.05, 0.1) is 0 Å². The Morgan fingerprint density at radius 1 is 0.477 bits per heavy atom. The highest BCUT2D eigenvalue weighted by molar-refractivity contribution is 8.06. The van der Waals surface area contributed by atoms with E-state index in [1.54, 1.807) is 22.3 Å². The Balaban J connectivity index is 0.958. The van der Waals surface area contributed by atoms with Gasteiger partial charge in [0.25, 0.3) is 0 Å². The van der Waals surface area contributed by atoms with Crippen molar-refractivity contribution in [3.05, 3.63) is 194 Å². The summed E-state index contributed by atoms with van der Waals surface area (Å²) in [5, 5.41) is 24.1. The first-order chi connectivity index (χ1) is 43.3. The van der Waals surface area contributed by atoms with Crippen LogP contribution in [0.3, 0.4) is 0 Å². The van der Waals surface area contributed by atoms with Crippen molar-refractivity contribution >= 4 is 58.4 Å². The normalized spacial score (nSPS) is 29.5. The summed E-state index contributed by atoms with van der Waals surface area (Å²) in [5.74, 6) is 4.30. The number of carbonyl (C=O) groups is 1. The van der Waals surface area contributed by atoms with Crippen LogP contribution >= 0.6 is 47.0 Å². The quantitative estimate of drug-likeness (QED) is 0.0328. The van der Waals surface area contributed by atoms with E-state index in [2.05, 4.69) is 190 Å². The molecular formula is C81H96N2OS4. The highest BCUT2D eigenvalue weighted by Gasteiger charge is 2.75. The van der Waals surface area contributed by atoms with Gasteiger partial charge in [0, 0.05) is 64.3 Å². The first-order valence-electron chi connectivity index (χ1n) is 35.2. The largest absolute Gasteiger partial charge is 0.289 e. The third-order valence-corrected chi connectivity index (χ3v) is 30.3. The third-order valence-electron chi connectivity index (χ3n) is 23.3. The van der Waals surface area contributed by atoms with E-state index in [0.29, 0.717) is 83.7 Å². The van der Waals surface area contributed by atoms with Crippen LogP contribution in [0.4, 0.5) is 0 Å². The molecular weight excluding hydrogens is 1150 g/mol. The van der Waals surface area contributed by atoms with E-state index in [9.17, 15) is 15.3 Å². The van der Waals surface area contributed by atoms with Crippen molar-refractivity contribution in [1.82, 2.24) is 0 Å². The van der Waals surface area contributed by atoms with Gasteiger partial charge >= 0.3 is 0 Å². The van der Waals surface area contributed by atoms with E-state index >= 15 is 0 Å². The van der Waals surface area contributed by atoms with Gasteiger partial charge in [-0.3, -0.25) is 4.79 Å². The predicted molar refractivity (Wildman–Crippen MR) is 377 cm³/mol. The number of nitrogens with zero attached hydrogens (tertiary/aromatic N) is 2. The lowest BCUT2D eigenvalue weighted by Gasteiger charge is -2.51. The molecule has 4 saturated heterocycles. The Hall–Kier alpha value is -4.37. The zero-order valence-corrected chi connectivity index (χ0v) is 56.5. The topological polar surface area (TPSA) is 64.7 Å². The van der Waals surface area contributed by atoms with Gasteiger partial charge in [0.1, 0.15) is 17.7 Å². The number of allylic oxidation sites excluding steroid dienone is 3. The molecule has 8 aliphatic rings. The van der Waals surface area contributed by atoms with Crippen LogP contribution in [-0.4, -0.2) is 48.3 Å². The minimum Gasteiger partial charge on any atom is -0.289 e. The van der Waals surface area contributed by atoms with E-state index in [4.69, 9.17) is 0 Å². The summed E-state index contributed by atoms with van der Waals surface area (Å²) >= 11 is 9.32. The fourth-order valence-corrected chi connectivity index (χ4v) is 28.2. The molecule has 13 rings (SSSR count). The molecule has 88 heavy (non-hydrogen) atoms. The zero-order chi connectivity index (χ0) is 60.4. The number of ketones is 1. The van der Waals surface area contributed by atoms with Crippen molar-refractivity contribution in [2.24, 2.45) is 35.5 Å². The van der Waals surface area contributed by atoms with Gasteiger partial charge in [-0.2, -0.15) is 45.8 Å².